The molecule has 3 aromatic carbocycles. The van der Waals surface area contributed by atoms with Gasteiger partial charge in [-0.1, -0.05) is 91.0 Å². The predicted molar refractivity (Wildman–Crippen MR) is 126 cm³/mol. The van der Waals surface area contributed by atoms with Gasteiger partial charge in [0.25, 0.3) is 0 Å². The van der Waals surface area contributed by atoms with Gasteiger partial charge in [-0.25, -0.2) is 4.79 Å². The number of hydrogen-bond acceptors (Lipinski definition) is 3. The third-order valence-corrected chi connectivity index (χ3v) is 4.77. The molecule has 0 bridgehead atoms. The monoisotopic (exact) mass is 428 g/mol. The fraction of sp³-hybridized carbons (Fsp3) is 0.185. The molecule has 0 aliphatic heterocycles. The van der Waals surface area contributed by atoms with Gasteiger partial charge in [0, 0.05) is 12.3 Å². The lowest BCUT2D eigenvalue weighted by Crippen LogP contribution is -2.47. The largest absolute Gasteiger partial charge is 0.444 e. The molecule has 0 unspecified atom stereocenters. The maximum absolute atomic E-state index is 13.1. The van der Waals surface area contributed by atoms with E-state index in [0.29, 0.717) is 0 Å². The van der Waals surface area contributed by atoms with Gasteiger partial charge in [0.05, 0.1) is 0 Å². The van der Waals surface area contributed by atoms with Crippen LogP contribution < -0.4 is 10.6 Å². The van der Waals surface area contributed by atoms with Gasteiger partial charge in [-0.2, -0.15) is 0 Å². The van der Waals surface area contributed by atoms with Crippen molar-refractivity contribution in [2.75, 3.05) is 0 Å². The van der Waals surface area contributed by atoms with Crippen LogP contribution in [0.5, 0.6) is 0 Å². The normalized spacial score (nSPS) is 11.7. The first-order valence-corrected chi connectivity index (χ1v) is 10.5. The number of rotatable bonds is 6. The molecule has 0 atom stereocenters. The number of amides is 2. The summed E-state index contributed by atoms with van der Waals surface area (Å²) in [5.74, 6) is -0.363. The Hall–Kier alpha value is -3.86. The van der Waals surface area contributed by atoms with Gasteiger partial charge >= 0.3 is 6.09 Å². The molecule has 3 rings (SSSR count). The van der Waals surface area contributed by atoms with E-state index in [1.165, 1.54) is 12.3 Å². The van der Waals surface area contributed by atoms with Crippen LogP contribution in [-0.4, -0.2) is 17.6 Å². The Labute approximate surface area is 189 Å². The Balaban J connectivity index is 1.97. The Bertz CT molecular complexity index is 960. The average molecular weight is 429 g/mol. The Kier molecular flexibility index (Phi) is 7.11. The molecule has 5 heteroatoms. The van der Waals surface area contributed by atoms with Crippen molar-refractivity contribution in [1.82, 2.24) is 10.6 Å². The zero-order valence-electron chi connectivity index (χ0n) is 18.5. The second-order valence-corrected chi connectivity index (χ2v) is 8.32. The summed E-state index contributed by atoms with van der Waals surface area (Å²) in [7, 11) is 0. The number of nitrogens with one attached hydrogen (secondary N) is 2. The van der Waals surface area contributed by atoms with Crippen molar-refractivity contribution in [2.45, 2.75) is 31.9 Å². The fourth-order valence-electron chi connectivity index (χ4n) is 3.50. The first-order chi connectivity index (χ1) is 15.3. The second kappa shape index (κ2) is 9.96. The zero-order valence-corrected chi connectivity index (χ0v) is 18.5. The molecule has 0 saturated heterocycles. The molecule has 0 radical (unpaired) electrons. The molecule has 5 nitrogen and oxygen atoms in total. The van der Waals surface area contributed by atoms with E-state index in [4.69, 9.17) is 4.74 Å². The SMILES string of the molecule is CC(C)(C)OC(=O)N/C=C\C(=O)NC(c1ccccc1)(c1ccccc1)c1ccccc1. The first-order valence-electron chi connectivity index (χ1n) is 10.5. The smallest absolute Gasteiger partial charge is 0.411 e. The topological polar surface area (TPSA) is 67.4 Å². The van der Waals surface area contributed by atoms with E-state index in [2.05, 4.69) is 10.6 Å². The van der Waals surface area contributed by atoms with E-state index >= 15 is 0 Å². The molecule has 2 amide bonds. The predicted octanol–water partition coefficient (Wildman–Crippen LogP) is 5.13. The van der Waals surface area contributed by atoms with E-state index in [0.717, 1.165) is 16.7 Å². The molecule has 0 aliphatic rings. The van der Waals surface area contributed by atoms with Crippen LogP contribution in [0, 0.1) is 0 Å². The van der Waals surface area contributed by atoms with Crippen LogP contribution in [0.15, 0.2) is 103 Å². The van der Waals surface area contributed by atoms with Crippen LogP contribution in [0.1, 0.15) is 37.5 Å². The summed E-state index contributed by atoms with van der Waals surface area (Å²) >= 11 is 0. The van der Waals surface area contributed by atoms with Crippen molar-refractivity contribution in [2.24, 2.45) is 0 Å². The first kappa shape index (κ1) is 22.8. The summed E-state index contributed by atoms with van der Waals surface area (Å²) in [4.78, 5) is 24.9. The van der Waals surface area contributed by atoms with Gasteiger partial charge in [-0.15, -0.1) is 0 Å². The van der Waals surface area contributed by atoms with Gasteiger partial charge < -0.3 is 10.1 Å². The summed E-state index contributed by atoms with van der Waals surface area (Å²) in [5.41, 5.74) is 1.21. The third-order valence-electron chi connectivity index (χ3n) is 4.77. The zero-order chi connectivity index (χ0) is 23.0. The van der Waals surface area contributed by atoms with E-state index in [-0.39, 0.29) is 5.91 Å². The maximum atomic E-state index is 13.1. The molecule has 0 spiro atoms. The highest BCUT2D eigenvalue weighted by Gasteiger charge is 2.37. The molecule has 0 heterocycles. The number of carbonyl (C=O) groups excluding carboxylic acids is 2. The van der Waals surface area contributed by atoms with Crippen molar-refractivity contribution < 1.29 is 14.3 Å². The molecule has 32 heavy (non-hydrogen) atoms. The summed E-state index contributed by atoms with van der Waals surface area (Å²) in [6.45, 7) is 5.32. The lowest BCUT2D eigenvalue weighted by atomic mass is 9.77. The van der Waals surface area contributed by atoms with Crippen LogP contribution in [0.2, 0.25) is 0 Å². The number of hydrogen-bond donors (Lipinski definition) is 2. The Morgan fingerprint density at radius 3 is 1.50 bits per heavy atom. The van der Waals surface area contributed by atoms with Crippen LogP contribution in [0.4, 0.5) is 4.79 Å². The summed E-state index contributed by atoms with van der Waals surface area (Å²) in [6, 6.07) is 29.4. The number of carbonyl (C=O) groups is 2. The lowest BCUT2D eigenvalue weighted by molar-refractivity contribution is -0.117. The molecule has 0 saturated carbocycles. The van der Waals surface area contributed by atoms with Crippen LogP contribution in [0.3, 0.4) is 0 Å². The molecule has 2 N–H and O–H groups in total. The summed E-state index contributed by atoms with van der Waals surface area (Å²) in [6.07, 6.45) is 1.95. The minimum atomic E-state index is -0.920. The highest BCUT2D eigenvalue weighted by molar-refractivity contribution is 5.89. The van der Waals surface area contributed by atoms with E-state index in [1.54, 1.807) is 20.8 Å². The summed E-state index contributed by atoms with van der Waals surface area (Å²) in [5, 5.41) is 5.66. The van der Waals surface area contributed by atoms with E-state index in [9.17, 15) is 9.59 Å². The van der Waals surface area contributed by atoms with E-state index in [1.807, 2.05) is 91.0 Å². The standard InChI is InChI=1S/C27H28N2O3/c1-26(2,3)32-25(31)28-20-19-24(30)29-27(21-13-7-4-8-14-21,22-15-9-5-10-16-22)23-17-11-6-12-18-23/h4-20H,1-3H3,(H,28,31)(H,29,30)/b20-19-. The molecular formula is C27H28N2O3. The van der Waals surface area contributed by atoms with Crippen molar-refractivity contribution >= 4 is 12.0 Å². The fourth-order valence-corrected chi connectivity index (χ4v) is 3.50. The quantitative estimate of drug-likeness (QED) is 0.422. The highest BCUT2D eigenvalue weighted by atomic mass is 16.6. The molecule has 164 valence electrons. The Morgan fingerprint density at radius 2 is 1.12 bits per heavy atom. The third kappa shape index (κ3) is 5.64. The number of benzene rings is 3. The molecule has 0 fully saturated rings. The molecule has 0 aromatic heterocycles. The molecular weight excluding hydrogens is 400 g/mol. The molecule has 3 aromatic rings. The van der Waals surface area contributed by atoms with Crippen molar-refractivity contribution in [3.05, 3.63) is 120 Å². The van der Waals surface area contributed by atoms with Crippen molar-refractivity contribution in [1.29, 1.82) is 0 Å². The van der Waals surface area contributed by atoms with Crippen molar-refractivity contribution in [3.8, 4) is 0 Å². The number of ether oxygens (including phenoxy) is 1. The van der Waals surface area contributed by atoms with Crippen LogP contribution in [-0.2, 0) is 15.1 Å². The maximum Gasteiger partial charge on any atom is 0.411 e. The van der Waals surface area contributed by atoms with Gasteiger partial charge in [-0.3, -0.25) is 10.1 Å². The average Bonchev–Trinajstić information content (AvgIpc) is 2.78. The van der Waals surface area contributed by atoms with Gasteiger partial charge in [-0.05, 0) is 37.5 Å². The van der Waals surface area contributed by atoms with Crippen LogP contribution in [0.25, 0.3) is 0 Å². The van der Waals surface area contributed by atoms with Crippen molar-refractivity contribution in [3.63, 3.8) is 0 Å². The summed E-state index contributed by atoms with van der Waals surface area (Å²) < 4.78 is 5.20. The Morgan fingerprint density at radius 1 is 0.719 bits per heavy atom. The lowest BCUT2D eigenvalue weighted by Gasteiger charge is -2.36. The second-order valence-electron chi connectivity index (χ2n) is 8.32. The minimum absolute atomic E-state index is 0.363. The minimum Gasteiger partial charge on any atom is -0.444 e. The van der Waals surface area contributed by atoms with Crippen LogP contribution >= 0.6 is 0 Å². The number of alkyl carbamates (subject to hydrolysis) is 1. The van der Waals surface area contributed by atoms with E-state index < -0.39 is 17.2 Å². The highest BCUT2D eigenvalue weighted by Crippen LogP contribution is 2.36. The molecule has 0 aliphatic carbocycles. The van der Waals surface area contributed by atoms with Gasteiger partial charge in [0.1, 0.15) is 11.1 Å². The van der Waals surface area contributed by atoms with Gasteiger partial charge in [0.15, 0.2) is 0 Å². The van der Waals surface area contributed by atoms with Gasteiger partial charge in [0.2, 0.25) is 5.91 Å².